The van der Waals surface area contributed by atoms with Crippen molar-refractivity contribution in [2.75, 3.05) is 13.1 Å². The second-order valence-corrected chi connectivity index (χ2v) is 5.03. The van der Waals surface area contributed by atoms with Crippen molar-refractivity contribution in [1.82, 2.24) is 10.1 Å². The van der Waals surface area contributed by atoms with E-state index in [1.165, 1.54) is 17.2 Å². The summed E-state index contributed by atoms with van der Waals surface area (Å²) in [6.07, 6.45) is 2.02. The minimum atomic E-state index is -1.05. The molecule has 0 unspecified atom stereocenters. The average molecular weight is 272 g/mol. The Balaban J connectivity index is 1.66. The van der Waals surface area contributed by atoms with Gasteiger partial charge < -0.3 is 9.63 Å². The maximum absolute atomic E-state index is 10.8. The lowest BCUT2D eigenvalue weighted by atomic mass is 10.0. The molecule has 0 spiro atoms. The second kappa shape index (κ2) is 5.46. The van der Waals surface area contributed by atoms with Gasteiger partial charge in [-0.25, -0.2) is 4.79 Å². The number of aromatic nitrogens is 1. The van der Waals surface area contributed by atoms with Crippen molar-refractivity contribution in [1.29, 1.82) is 0 Å². The third-order valence-electron chi connectivity index (χ3n) is 3.67. The van der Waals surface area contributed by atoms with E-state index in [0.29, 0.717) is 12.3 Å². The summed E-state index contributed by atoms with van der Waals surface area (Å²) in [6.45, 7) is 2.49. The number of hydrogen-bond donors (Lipinski definition) is 1. The topological polar surface area (TPSA) is 66.6 Å². The number of rotatable bonds is 3. The summed E-state index contributed by atoms with van der Waals surface area (Å²) in [4.78, 5) is 13.0. The highest BCUT2D eigenvalue weighted by Gasteiger charge is 2.17. The summed E-state index contributed by atoms with van der Waals surface area (Å²) in [5, 5.41) is 12.4. The van der Waals surface area contributed by atoms with Crippen LogP contribution < -0.4 is 0 Å². The van der Waals surface area contributed by atoms with E-state index in [2.05, 4.69) is 34.3 Å². The monoisotopic (exact) mass is 272 g/mol. The highest BCUT2D eigenvalue weighted by Crippen LogP contribution is 2.17. The Morgan fingerprint density at radius 3 is 2.45 bits per heavy atom. The predicted molar refractivity (Wildman–Crippen MR) is 72.6 cm³/mol. The molecule has 5 heteroatoms. The van der Waals surface area contributed by atoms with Crippen molar-refractivity contribution in [3.8, 4) is 0 Å². The van der Waals surface area contributed by atoms with Crippen LogP contribution in [0.2, 0.25) is 0 Å². The Bertz CT molecular complexity index is 594. The van der Waals surface area contributed by atoms with Crippen LogP contribution in [0.25, 0.3) is 0 Å². The van der Waals surface area contributed by atoms with E-state index < -0.39 is 5.97 Å². The van der Waals surface area contributed by atoms with Crippen LogP contribution in [0.5, 0.6) is 0 Å². The van der Waals surface area contributed by atoms with Gasteiger partial charge in [0.2, 0.25) is 0 Å². The van der Waals surface area contributed by atoms with Crippen LogP contribution in [-0.2, 0) is 19.4 Å². The third kappa shape index (κ3) is 2.72. The largest absolute Gasteiger partial charge is 0.476 e. The van der Waals surface area contributed by atoms with Crippen LogP contribution in [0, 0.1) is 0 Å². The summed E-state index contributed by atoms with van der Waals surface area (Å²) in [7, 11) is 0. The fraction of sp³-hybridized carbons (Fsp3) is 0.333. The first kappa shape index (κ1) is 12.9. The lowest BCUT2D eigenvalue weighted by molar-refractivity contribution is 0.0685. The molecule has 0 atom stereocenters. The lowest BCUT2D eigenvalue weighted by Gasteiger charge is -2.17. The van der Waals surface area contributed by atoms with Gasteiger partial charge in [0.1, 0.15) is 0 Å². The molecule has 20 heavy (non-hydrogen) atoms. The van der Waals surface area contributed by atoms with Gasteiger partial charge in [-0.2, -0.15) is 0 Å². The van der Waals surface area contributed by atoms with Crippen LogP contribution in [-0.4, -0.2) is 34.2 Å². The van der Waals surface area contributed by atoms with Gasteiger partial charge in [-0.15, -0.1) is 0 Å². The summed E-state index contributed by atoms with van der Waals surface area (Å²) in [5.74, 6) is -0.448. The minimum Gasteiger partial charge on any atom is -0.476 e. The molecule has 0 fully saturated rings. The molecular weight excluding hydrogens is 256 g/mol. The van der Waals surface area contributed by atoms with E-state index in [1.807, 2.05) is 0 Å². The Hall–Kier alpha value is -2.14. The van der Waals surface area contributed by atoms with Crippen molar-refractivity contribution in [2.24, 2.45) is 0 Å². The molecule has 0 amide bonds. The zero-order chi connectivity index (χ0) is 13.9. The van der Waals surface area contributed by atoms with E-state index in [9.17, 15) is 4.79 Å². The van der Waals surface area contributed by atoms with Gasteiger partial charge in [0, 0.05) is 19.2 Å². The van der Waals surface area contributed by atoms with Crippen molar-refractivity contribution in [3.05, 3.63) is 52.9 Å². The van der Waals surface area contributed by atoms with Gasteiger partial charge in [0.15, 0.2) is 11.5 Å². The smallest absolute Gasteiger partial charge is 0.358 e. The number of aromatic carboxylic acids is 1. The Morgan fingerprint density at radius 1 is 1.25 bits per heavy atom. The molecule has 1 N–H and O–H groups in total. The predicted octanol–water partition coefficient (Wildman–Crippen LogP) is 1.97. The number of nitrogens with zero attached hydrogens (tertiary/aromatic N) is 2. The number of benzene rings is 1. The molecule has 0 bridgehead atoms. The molecule has 2 aromatic rings. The van der Waals surface area contributed by atoms with Crippen LogP contribution in [0.15, 0.2) is 34.9 Å². The molecule has 1 aliphatic rings. The van der Waals surface area contributed by atoms with E-state index in [1.54, 1.807) is 0 Å². The lowest BCUT2D eigenvalue weighted by Crippen LogP contribution is -2.25. The van der Waals surface area contributed by atoms with Gasteiger partial charge in [-0.3, -0.25) is 4.90 Å². The number of carboxylic acid groups (broad SMARTS) is 1. The zero-order valence-corrected chi connectivity index (χ0v) is 11.1. The van der Waals surface area contributed by atoms with Gasteiger partial charge >= 0.3 is 5.97 Å². The quantitative estimate of drug-likeness (QED) is 0.925. The average Bonchev–Trinajstić information content (AvgIpc) is 2.82. The first-order valence-corrected chi connectivity index (χ1v) is 6.70. The molecule has 1 aromatic carbocycles. The summed E-state index contributed by atoms with van der Waals surface area (Å²) in [6, 6.07) is 10.0. The molecular formula is C15H16N2O3. The SMILES string of the molecule is O=C(O)c1cc(CN2CCc3ccccc3CC2)on1. The van der Waals surface area contributed by atoms with Crippen molar-refractivity contribution in [2.45, 2.75) is 19.4 Å². The second-order valence-electron chi connectivity index (χ2n) is 5.03. The van der Waals surface area contributed by atoms with Crippen LogP contribution in [0.1, 0.15) is 27.4 Å². The first-order chi connectivity index (χ1) is 9.72. The molecule has 2 heterocycles. The maximum atomic E-state index is 10.8. The van der Waals surface area contributed by atoms with Crippen molar-refractivity contribution < 1.29 is 14.4 Å². The fourth-order valence-corrected chi connectivity index (χ4v) is 2.58. The number of carbonyl (C=O) groups is 1. The summed E-state index contributed by atoms with van der Waals surface area (Å²) >= 11 is 0. The number of fused-ring (bicyclic) bond motifs is 1. The Kier molecular flexibility index (Phi) is 3.52. The summed E-state index contributed by atoms with van der Waals surface area (Å²) in [5.41, 5.74) is 2.77. The van der Waals surface area contributed by atoms with Gasteiger partial charge in [0.25, 0.3) is 0 Å². The maximum Gasteiger partial charge on any atom is 0.358 e. The Morgan fingerprint density at radius 2 is 1.90 bits per heavy atom. The van der Waals surface area contributed by atoms with Gasteiger partial charge in [-0.05, 0) is 24.0 Å². The van der Waals surface area contributed by atoms with Crippen LogP contribution in [0.3, 0.4) is 0 Å². The number of hydrogen-bond acceptors (Lipinski definition) is 4. The molecule has 0 radical (unpaired) electrons. The van der Waals surface area contributed by atoms with E-state index in [4.69, 9.17) is 9.63 Å². The molecule has 3 rings (SSSR count). The highest BCUT2D eigenvalue weighted by molar-refractivity contribution is 5.85. The molecule has 0 aliphatic carbocycles. The Labute approximate surface area is 116 Å². The third-order valence-corrected chi connectivity index (χ3v) is 3.67. The van der Waals surface area contributed by atoms with Crippen LogP contribution >= 0.6 is 0 Å². The van der Waals surface area contributed by atoms with Gasteiger partial charge in [0.05, 0.1) is 6.54 Å². The van der Waals surface area contributed by atoms with Crippen molar-refractivity contribution >= 4 is 5.97 Å². The molecule has 1 aromatic heterocycles. The van der Waals surface area contributed by atoms with E-state index in [-0.39, 0.29) is 5.69 Å². The summed E-state index contributed by atoms with van der Waals surface area (Å²) < 4.78 is 5.07. The van der Waals surface area contributed by atoms with Crippen LogP contribution in [0.4, 0.5) is 0 Å². The molecule has 1 aliphatic heterocycles. The first-order valence-electron chi connectivity index (χ1n) is 6.70. The fourth-order valence-electron chi connectivity index (χ4n) is 2.58. The van der Waals surface area contributed by atoms with E-state index in [0.717, 1.165) is 25.9 Å². The number of carboxylic acids is 1. The minimum absolute atomic E-state index is 0.0295. The van der Waals surface area contributed by atoms with E-state index >= 15 is 0 Å². The molecule has 5 nitrogen and oxygen atoms in total. The normalized spacial score (nSPS) is 15.6. The molecule has 104 valence electrons. The zero-order valence-electron chi connectivity index (χ0n) is 11.1. The van der Waals surface area contributed by atoms with Gasteiger partial charge in [-0.1, -0.05) is 29.4 Å². The molecule has 0 saturated carbocycles. The molecule has 0 saturated heterocycles. The van der Waals surface area contributed by atoms with Crippen molar-refractivity contribution in [3.63, 3.8) is 0 Å². The highest BCUT2D eigenvalue weighted by atomic mass is 16.5. The standard InChI is InChI=1S/C15H16N2O3/c18-15(19)14-9-13(20-16-14)10-17-7-5-11-3-1-2-4-12(11)6-8-17/h1-4,9H,5-8,10H2,(H,18,19).